The zero-order valence-electron chi connectivity index (χ0n) is 15.6. The topological polar surface area (TPSA) is 119 Å². The van der Waals surface area contributed by atoms with Crippen LogP contribution in [0, 0.1) is 6.92 Å². The molecule has 150 valence electrons. The highest BCUT2D eigenvalue weighted by Crippen LogP contribution is 2.20. The number of carbonyl (C=O) groups is 3. The molecule has 2 aromatic heterocycles. The number of likely N-dealkylation sites (N-methyl/N-ethyl adjacent to an activating group) is 1. The molecule has 0 aliphatic rings. The average molecular weight is 417 g/mol. The monoisotopic (exact) mass is 416 g/mol. The number of nitrogens with zero attached hydrogens (tertiary/aromatic N) is 5. The average Bonchev–Trinajstić information content (AvgIpc) is 3.13. The van der Waals surface area contributed by atoms with E-state index in [9.17, 15) is 14.4 Å². The molecule has 1 N–H and O–H groups in total. The minimum atomic E-state index is -0.864. The number of carbonyl (C=O) groups excluding carboxylic acids is 3. The van der Waals surface area contributed by atoms with Crippen LogP contribution >= 0.6 is 11.6 Å². The minimum Gasteiger partial charge on any atom is -0.450 e. The van der Waals surface area contributed by atoms with E-state index in [0.717, 1.165) is 10.6 Å². The zero-order valence-corrected chi connectivity index (χ0v) is 16.4. The first kappa shape index (κ1) is 20.2. The first-order valence-electron chi connectivity index (χ1n) is 8.49. The van der Waals surface area contributed by atoms with Gasteiger partial charge in [-0.05, 0) is 25.1 Å². The van der Waals surface area contributed by atoms with Gasteiger partial charge in [-0.1, -0.05) is 23.7 Å². The molecule has 29 heavy (non-hydrogen) atoms. The van der Waals surface area contributed by atoms with Crippen LogP contribution in [0.25, 0.3) is 5.78 Å². The molecule has 3 rings (SSSR count). The van der Waals surface area contributed by atoms with Crippen LogP contribution in [-0.4, -0.2) is 62.5 Å². The molecule has 2 heterocycles. The highest BCUT2D eigenvalue weighted by atomic mass is 35.5. The number of esters is 1. The maximum absolute atomic E-state index is 12.1. The number of benzene rings is 1. The fourth-order valence-electron chi connectivity index (χ4n) is 2.35. The molecule has 0 saturated carbocycles. The van der Waals surface area contributed by atoms with E-state index in [1.807, 2.05) is 0 Å². The lowest BCUT2D eigenvalue weighted by Gasteiger charge is -2.16. The molecule has 1 aromatic carbocycles. The summed E-state index contributed by atoms with van der Waals surface area (Å²) in [7, 11) is 1.42. The number of rotatable bonds is 6. The van der Waals surface area contributed by atoms with Crippen molar-refractivity contribution in [3.63, 3.8) is 0 Å². The molecule has 0 aliphatic heterocycles. The number of halogens is 1. The van der Waals surface area contributed by atoms with Crippen LogP contribution in [0.2, 0.25) is 5.02 Å². The van der Waals surface area contributed by atoms with Gasteiger partial charge in [-0.25, -0.2) is 14.3 Å². The Bertz CT molecular complexity index is 1080. The normalized spacial score (nSPS) is 10.6. The lowest BCUT2D eigenvalue weighted by Crippen LogP contribution is -2.37. The van der Waals surface area contributed by atoms with Crippen molar-refractivity contribution in [1.29, 1.82) is 0 Å². The summed E-state index contributed by atoms with van der Waals surface area (Å²) in [5, 5.41) is 6.99. The van der Waals surface area contributed by atoms with E-state index in [2.05, 4.69) is 20.4 Å². The fraction of sp³-hybridized carbons (Fsp3) is 0.222. The van der Waals surface area contributed by atoms with Gasteiger partial charge in [0.1, 0.15) is 0 Å². The third-order valence-corrected chi connectivity index (χ3v) is 4.22. The van der Waals surface area contributed by atoms with Gasteiger partial charge in [0.25, 0.3) is 17.5 Å². The zero-order chi connectivity index (χ0) is 21.0. The summed E-state index contributed by atoms with van der Waals surface area (Å²) in [5.74, 6) is -1.83. The van der Waals surface area contributed by atoms with Crippen molar-refractivity contribution >= 4 is 40.8 Å². The second kappa shape index (κ2) is 8.65. The molecule has 0 atom stereocenters. The van der Waals surface area contributed by atoms with Crippen molar-refractivity contribution in [3.8, 4) is 0 Å². The first-order valence-corrected chi connectivity index (χ1v) is 8.87. The quantitative estimate of drug-likeness (QED) is 0.602. The van der Waals surface area contributed by atoms with Gasteiger partial charge in [0.2, 0.25) is 5.91 Å². The third-order valence-electron chi connectivity index (χ3n) is 3.89. The van der Waals surface area contributed by atoms with E-state index in [0.29, 0.717) is 10.7 Å². The van der Waals surface area contributed by atoms with Gasteiger partial charge < -0.3 is 15.0 Å². The largest absolute Gasteiger partial charge is 0.450 e. The van der Waals surface area contributed by atoms with Gasteiger partial charge in [0, 0.05) is 18.9 Å². The highest BCUT2D eigenvalue weighted by Gasteiger charge is 2.20. The Morgan fingerprint density at radius 2 is 2.00 bits per heavy atom. The summed E-state index contributed by atoms with van der Waals surface area (Å²) < 4.78 is 6.34. The van der Waals surface area contributed by atoms with E-state index in [4.69, 9.17) is 16.3 Å². The SMILES string of the molecule is Cc1ccnc2nc(C(=O)OCC(=O)N(C)CC(=O)Nc3ccccc3Cl)nn12. The molecule has 0 saturated heterocycles. The summed E-state index contributed by atoms with van der Waals surface area (Å²) in [5.41, 5.74) is 1.18. The summed E-state index contributed by atoms with van der Waals surface area (Å²) in [6.07, 6.45) is 1.54. The molecular weight excluding hydrogens is 400 g/mol. The Morgan fingerprint density at radius 3 is 2.72 bits per heavy atom. The lowest BCUT2D eigenvalue weighted by molar-refractivity contribution is -0.136. The second-order valence-corrected chi connectivity index (χ2v) is 6.49. The van der Waals surface area contributed by atoms with Crippen molar-refractivity contribution in [1.82, 2.24) is 24.5 Å². The number of fused-ring (bicyclic) bond motifs is 1. The Balaban J connectivity index is 1.52. The van der Waals surface area contributed by atoms with Crippen molar-refractivity contribution in [3.05, 3.63) is 53.1 Å². The number of ether oxygens (including phenoxy) is 1. The van der Waals surface area contributed by atoms with E-state index in [1.54, 1.807) is 43.5 Å². The number of aryl methyl sites for hydroxylation is 1. The summed E-state index contributed by atoms with van der Waals surface area (Å²) in [6, 6.07) is 8.44. The Kier molecular flexibility index (Phi) is 6.03. The van der Waals surface area contributed by atoms with Gasteiger partial charge in [-0.2, -0.15) is 4.98 Å². The van der Waals surface area contributed by atoms with Gasteiger partial charge >= 0.3 is 5.97 Å². The van der Waals surface area contributed by atoms with Gasteiger partial charge in [-0.3, -0.25) is 9.59 Å². The van der Waals surface area contributed by atoms with Gasteiger partial charge in [-0.15, -0.1) is 5.10 Å². The maximum Gasteiger partial charge on any atom is 0.378 e. The van der Waals surface area contributed by atoms with E-state index in [-0.39, 0.29) is 18.1 Å². The number of aromatic nitrogens is 4. The van der Waals surface area contributed by atoms with Crippen molar-refractivity contribution < 1.29 is 19.1 Å². The third kappa shape index (κ3) is 4.85. The summed E-state index contributed by atoms with van der Waals surface area (Å²) >= 11 is 5.98. The Morgan fingerprint density at radius 1 is 1.24 bits per heavy atom. The molecule has 0 radical (unpaired) electrons. The van der Waals surface area contributed by atoms with Crippen LogP contribution in [-0.2, 0) is 14.3 Å². The molecule has 2 amide bonds. The Labute approximate surface area is 170 Å². The number of hydrogen-bond donors (Lipinski definition) is 1. The molecule has 3 aromatic rings. The van der Waals surface area contributed by atoms with Crippen molar-refractivity contribution in [2.24, 2.45) is 0 Å². The molecule has 0 unspecified atom stereocenters. The molecule has 0 spiro atoms. The van der Waals surface area contributed by atoms with Gasteiger partial charge in [0.15, 0.2) is 6.61 Å². The molecule has 0 bridgehead atoms. The van der Waals surface area contributed by atoms with Crippen molar-refractivity contribution in [2.45, 2.75) is 6.92 Å². The van der Waals surface area contributed by atoms with Crippen LogP contribution in [0.4, 0.5) is 5.69 Å². The van der Waals surface area contributed by atoms with E-state index in [1.165, 1.54) is 11.6 Å². The first-order chi connectivity index (χ1) is 13.8. The number of nitrogens with one attached hydrogen (secondary N) is 1. The van der Waals surface area contributed by atoms with Crippen molar-refractivity contribution in [2.75, 3.05) is 25.5 Å². The minimum absolute atomic E-state index is 0.210. The van der Waals surface area contributed by atoms with Crippen LogP contribution < -0.4 is 5.32 Å². The van der Waals surface area contributed by atoms with E-state index >= 15 is 0 Å². The smallest absolute Gasteiger partial charge is 0.378 e. The van der Waals surface area contributed by atoms with Crippen LogP contribution in [0.3, 0.4) is 0 Å². The summed E-state index contributed by atoms with van der Waals surface area (Å²) in [4.78, 5) is 45.4. The maximum atomic E-state index is 12.1. The number of para-hydroxylation sites is 1. The summed E-state index contributed by atoms with van der Waals surface area (Å²) in [6.45, 7) is 0.985. The molecular formula is C18H17ClN6O4. The Hall–Kier alpha value is -3.53. The van der Waals surface area contributed by atoms with Gasteiger partial charge in [0.05, 0.1) is 17.3 Å². The molecule has 0 fully saturated rings. The number of hydrogen-bond acceptors (Lipinski definition) is 7. The number of anilines is 1. The van der Waals surface area contributed by atoms with E-state index < -0.39 is 24.4 Å². The van der Waals surface area contributed by atoms with Crippen LogP contribution in [0.15, 0.2) is 36.5 Å². The number of amides is 2. The standard InChI is InChI=1S/C18H17ClN6O4/c1-11-7-8-20-18-22-16(23-25(11)18)17(28)29-10-15(27)24(2)9-14(26)21-13-6-4-3-5-12(13)19/h3-8H,9-10H2,1-2H3,(H,21,26). The van der Waals surface area contributed by atoms with Crippen LogP contribution in [0.1, 0.15) is 16.3 Å². The van der Waals surface area contributed by atoms with Crippen LogP contribution in [0.5, 0.6) is 0 Å². The highest BCUT2D eigenvalue weighted by molar-refractivity contribution is 6.33. The molecule has 10 nitrogen and oxygen atoms in total. The predicted octanol–water partition coefficient (Wildman–Crippen LogP) is 1.34. The second-order valence-electron chi connectivity index (χ2n) is 6.09. The molecule has 0 aliphatic carbocycles. The molecule has 11 heteroatoms. The predicted molar refractivity (Wildman–Crippen MR) is 104 cm³/mol. The lowest BCUT2D eigenvalue weighted by atomic mass is 10.3. The fourth-order valence-corrected chi connectivity index (χ4v) is 2.53.